The van der Waals surface area contributed by atoms with Crippen molar-refractivity contribution in [2.24, 2.45) is 0 Å². The third-order valence-corrected chi connectivity index (χ3v) is 12.6. The van der Waals surface area contributed by atoms with Gasteiger partial charge < -0.3 is 15.0 Å². The predicted molar refractivity (Wildman–Crippen MR) is 284 cm³/mol. The van der Waals surface area contributed by atoms with Gasteiger partial charge in [-0.3, -0.25) is 9.13 Å². The van der Waals surface area contributed by atoms with Crippen molar-refractivity contribution in [1.82, 2.24) is 34.1 Å². The molecule has 0 saturated heterocycles. The Labute approximate surface area is 436 Å². The van der Waals surface area contributed by atoms with Gasteiger partial charge in [0.05, 0.1) is 11.4 Å². The summed E-state index contributed by atoms with van der Waals surface area (Å²) in [4.78, 5) is 24.4. The van der Waals surface area contributed by atoms with Crippen molar-refractivity contribution in [3.05, 3.63) is 261 Å². The monoisotopic (exact) mass is 1100 g/mol. The van der Waals surface area contributed by atoms with Crippen molar-refractivity contribution >= 4 is 0 Å². The molecule has 0 saturated carbocycles. The molecule has 0 N–H and O–H groups in total. The van der Waals surface area contributed by atoms with E-state index in [9.17, 15) is 0 Å². The summed E-state index contributed by atoms with van der Waals surface area (Å²) in [7, 11) is 0. The van der Waals surface area contributed by atoms with Crippen LogP contribution in [0, 0.1) is 25.1 Å². The van der Waals surface area contributed by atoms with Crippen molar-refractivity contribution < 1.29 is 24.2 Å². The maximum absolute atomic E-state index is 8.92. The molecule has 0 atom stereocenters. The molecule has 12 aromatic rings. The standard InChI is InChI=1S/C64H42N7.Ir/c1-44-36-62(51-21-13-20-50(37-51)47-26-24-46(25-27-47)45-14-5-2-6-15-45)69-43-59(44)58-23-12-11-22-57(58)52-38-53(63-65-32-34-70(63)55-28-30-60(67-41-55)48-16-7-3-8-17-48)40-54(39-52)64-66-33-35-71(64)56-29-31-61(68-42-56)49-18-9-4-10-19-49;/h2-16,18,20,22-43H,1H3;/q-3;+3/i1D3;. The molecule has 7 aromatic carbocycles. The Bertz CT molecular complexity index is 3780. The first-order valence-electron chi connectivity index (χ1n) is 24.7. The first-order chi connectivity index (χ1) is 36.3. The van der Waals surface area contributed by atoms with E-state index in [0.29, 0.717) is 34.0 Å². The zero-order chi connectivity index (χ0) is 50.0. The van der Waals surface area contributed by atoms with Crippen LogP contribution in [0.1, 0.15) is 9.68 Å². The number of hydrogen-bond acceptors (Lipinski definition) is 5. The maximum atomic E-state index is 8.92. The minimum atomic E-state index is -2.49. The predicted octanol–water partition coefficient (Wildman–Crippen LogP) is 15.0. The van der Waals surface area contributed by atoms with Gasteiger partial charge in [-0.2, -0.15) is 0 Å². The van der Waals surface area contributed by atoms with Crippen LogP contribution < -0.4 is 0 Å². The summed E-state index contributed by atoms with van der Waals surface area (Å²) in [5.74, 6) is 1.35. The number of aromatic nitrogens is 7. The number of pyridine rings is 3. The fourth-order valence-corrected chi connectivity index (χ4v) is 9.04. The minimum absolute atomic E-state index is 0. The van der Waals surface area contributed by atoms with Crippen LogP contribution >= 0.6 is 0 Å². The molecule has 0 aliphatic heterocycles. The van der Waals surface area contributed by atoms with E-state index in [1.54, 1.807) is 24.7 Å². The van der Waals surface area contributed by atoms with Crippen molar-refractivity contribution in [2.45, 2.75) is 6.85 Å². The van der Waals surface area contributed by atoms with Crippen LogP contribution in [0.2, 0.25) is 0 Å². The number of imidazole rings is 2. The van der Waals surface area contributed by atoms with E-state index in [1.807, 2.05) is 167 Å². The summed E-state index contributed by atoms with van der Waals surface area (Å²) >= 11 is 0. The molecule has 7 nitrogen and oxygen atoms in total. The Morgan fingerprint density at radius 3 is 1.47 bits per heavy atom. The fraction of sp³-hybridized carbons (Fsp3) is 0.0156. The van der Waals surface area contributed by atoms with E-state index in [4.69, 9.17) is 29.0 Å². The second-order valence-electron chi connectivity index (χ2n) is 17.0. The van der Waals surface area contributed by atoms with Gasteiger partial charge in [0.15, 0.2) is 0 Å². The number of rotatable bonds is 11. The van der Waals surface area contributed by atoms with Crippen LogP contribution in [0.3, 0.4) is 0 Å². The van der Waals surface area contributed by atoms with E-state index in [-0.39, 0.29) is 25.7 Å². The molecule has 0 bridgehead atoms. The SMILES string of the molecule is [2H]C([2H])([2H])c1cc(-c2[c-]ccc(-c3ccc(-c4ccccc4)cc3)c2)ncc1-c1ccccc1-c1cc(-c2nccn2-c2ccc(-c3[c-]cccc3)nc2)cc(-c2nccn2-c2ccc(-c3[c-]cccc3)nc2)c1.[Ir+3]. The van der Waals surface area contributed by atoms with Crippen LogP contribution in [0.25, 0.3) is 112 Å². The van der Waals surface area contributed by atoms with Gasteiger partial charge in [-0.1, -0.05) is 97.1 Å². The molecule has 342 valence electrons. The first kappa shape index (κ1) is 42.0. The van der Waals surface area contributed by atoms with Gasteiger partial charge in [-0.25, -0.2) is 9.97 Å². The van der Waals surface area contributed by atoms with E-state index in [1.165, 1.54) is 0 Å². The van der Waals surface area contributed by atoms with Gasteiger partial charge >= 0.3 is 20.1 Å². The second kappa shape index (κ2) is 20.2. The van der Waals surface area contributed by atoms with E-state index in [2.05, 4.69) is 72.8 Å². The number of aryl methyl sites for hydroxylation is 1. The number of benzene rings is 7. The molecule has 0 radical (unpaired) electrons. The Morgan fingerprint density at radius 1 is 0.375 bits per heavy atom. The average molecular weight is 1100 g/mol. The molecular weight excluding hydrogens is 1060 g/mol. The van der Waals surface area contributed by atoms with Gasteiger partial charge in [-0.05, 0) is 93.2 Å². The zero-order valence-electron chi connectivity index (χ0n) is 41.5. The summed E-state index contributed by atoms with van der Waals surface area (Å²) in [6.07, 6.45) is 12.7. The molecular formula is C64H42IrN7. The van der Waals surface area contributed by atoms with Crippen molar-refractivity contribution in [3.8, 4) is 112 Å². The van der Waals surface area contributed by atoms with Crippen LogP contribution in [0.5, 0.6) is 0 Å². The topological polar surface area (TPSA) is 74.3 Å². The van der Waals surface area contributed by atoms with Crippen molar-refractivity contribution in [1.29, 1.82) is 0 Å². The van der Waals surface area contributed by atoms with E-state index in [0.717, 1.165) is 78.4 Å². The summed E-state index contributed by atoms with van der Waals surface area (Å²) in [5, 5.41) is 0. The van der Waals surface area contributed by atoms with Crippen LogP contribution in [0.15, 0.2) is 238 Å². The molecule has 5 aromatic heterocycles. The molecule has 0 unspecified atom stereocenters. The van der Waals surface area contributed by atoms with Gasteiger partial charge in [0.25, 0.3) is 0 Å². The van der Waals surface area contributed by atoms with Crippen LogP contribution in [0.4, 0.5) is 0 Å². The summed E-state index contributed by atoms with van der Waals surface area (Å²) < 4.78 is 30.8. The molecule has 0 fully saturated rings. The summed E-state index contributed by atoms with van der Waals surface area (Å²) in [6, 6.07) is 73.8. The third kappa shape index (κ3) is 9.16. The van der Waals surface area contributed by atoms with E-state index < -0.39 is 6.85 Å². The van der Waals surface area contributed by atoms with Gasteiger partial charge in [0.1, 0.15) is 11.6 Å². The van der Waals surface area contributed by atoms with E-state index >= 15 is 0 Å². The minimum Gasteiger partial charge on any atom is -0.304 e. The smallest absolute Gasteiger partial charge is 0.304 e. The van der Waals surface area contributed by atoms with Crippen LogP contribution in [-0.2, 0) is 20.1 Å². The fourth-order valence-electron chi connectivity index (χ4n) is 9.04. The molecule has 0 aliphatic rings. The van der Waals surface area contributed by atoms with Gasteiger partial charge in [0, 0.05) is 64.2 Å². The summed E-state index contributed by atoms with van der Waals surface area (Å²) in [6.45, 7) is -2.49. The largest absolute Gasteiger partial charge is 3.00 e. The first-order valence-corrected chi connectivity index (χ1v) is 23.2. The van der Waals surface area contributed by atoms with Crippen molar-refractivity contribution in [2.75, 3.05) is 0 Å². The molecule has 0 spiro atoms. The number of hydrogen-bond donors (Lipinski definition) is 0. The quantitative estimate of drug-likeness (QED) is 0.121. The van der Waals surface area contributed by atoms with Crippen LogP contribution in [-0.4, -0.2) is 34.1 Å². The average Bonchev–Trinajstić information content (AvgIpc) is 4.18. The Hall–Kier alpha value is -8.94. The third-order valence-electron chi connectivity index (χ3n) is 12.6. The Kier molecular flexibility index (Phi) is 11.8. The molecule has 8 heteroatoms. The van der Waals surface area contributed by atoms with Gasteiger partial charge in [-0.15, -0.1) is 107 Å². The molecule has 72 heavy (non-hydrogen) atoms. The maximum Gasteiger partial charge on any atom is 3.00 e. The Morgan fingerprint density at radius 2 is 0.903 bits per heavy atom. The molecule has 5 heterocycles. The molecule has 0 amide bonds. The van der Waals surface area contributed by atoms with Crippen molar-refractivity contribution in [3.63, 3.8) is 0 Å². The summed E-state index contributed by atoms with van der Waals surface area (Å²) in [5.41, 5.74) is 15.1. The Balaban J connectivity index is 0.00000602. The normalized spacial score (nSPS) is 11.8. The zero-order valence-corrected chi connectivity index (χ0v) is 40.9. The number of nitrogens with zero attached hydrogens (tertiary/aromatic N) is 7. The molecule has 12 rings (SSSR count). The molecule has 0 aliphatic carbocycles. The second-order valence-corrected chi connectivity index (χ2v) is 17.0. The van der Waals surface area contributed by atoms with Gasteiger partial charge in [0.2, 0.25) is 0 Å².